The van der Waals surface area contributed by atoms with Crippen molar-refractivity contribution in [1.82, 2.24) is 0 Å². The van der Waals surface area contributed by atoms with Gasteiger partial charge in [0, 0.05) is 11.8 Å². The lowest BCUT2D eigenvalue weighted by molar-refractivity contribution is 0.352. The lowest BCUT2D eigenvalue weighted by Crippen LogP contribution is -2.02. The van der Waals surface area contributed by atoms with E-state index in [0.29, 0.717) is 5.92 Å². The molecule has 1 aliphatic rings. The van der Waals surface area contributed by atoms with Crippen molar-refractivity contribution < 1.29 is 4.74 Å². The largest absolute Gasteiger partial charge is 0.493 e. The molecule has 0 radical (unpaired) electrons. The summed E-state index contributed by atoms with van der Waals surface area (Å²) < 4.78 is 5.66. The van der Waals surface area contributed by atoms with Crippen molar-refractivity contribution in [1.29, 1.82) is 0 Å². The Morgan fingerprint density at radius 2 is 2.36 bits per heavy atom. The number of rotatable bonds is 3. The van der Waals surface area contributed by atoms with Gasteiger partial charge in [-0.2, -0.15) is 0 Å². The number of alkyl halides is 1. The molecular weight excluding hydrogens is 240 g/mol. The summed E-state index contributed by atoms with van der Waals surface area (Å²) >= 11 is 3.51. The molecule has 1 unspecified atom stereocenters. The molecule has 2 rings (SSSR count). The third-order valence-corrected chi connectivity index (χ3v) is 3.73. The van der Waals surface area contributed by atoms with E-state index in [9.17, 15) is 0 Å². The summed E-state index contributed by atoms with van der Waals surface area (Å²) in [5, 5.41) is 1.05. The van der Waals surface area contributed by atoms with Crippen LogP contribution in [0.1, 0.15) is 18.1 Å². The molecule has 0 aliphatic carbocycles. The van der Waals surface area contributed by atoms with Crippen molar-refractivity contribution in [3.8, 4) is 5.75 Å². The second kappa shape index (κ2) is 4.35. The Kier molecular flexibility index (Phi) is 3.12. The number of para-hydroxylation sites is 1. The highest BCUT2D eigenvalue weighted by atomic mass is 79.9. The molecule has 0 fully saturated rings. The molecule has 0 bridgehead atoms. The van der Waals surface area contributed by atoms with Crippen LogP contribution in [0.5, 0.6) is 5.75 Å². The number of hydrogen-bond donors (Lipinski definition) is 0. The summed E-state index contributed by atoms with van der Waals surface area (Å²) in [6, 6.07) is 6.50. The first-order valence-corrected chi connectivity index (χ1v) is 6.23. The maximum absolute atomic E-state index is 5.66. The zero-order valence-electron chi connectivity index (χ0n) is 8.42. The van der Waals surface area contributed by atoms with Gasteiger partial charge in [0.15, 0.2) is 0 Å². The van der Waals surface area contributed by atoms with Crippen molar-refractivity contribution in [2.75, 3.05) is 11.9 Å². The Labute approximate surface area is 93.6 Å². The van der Waals surface area contributed by atoms with E-state index in [1.54, 1.807) is 0 Å². The van der Waals surface area contributed by atoms with Gasteiger partial charge < -0.3 is 4.74 Å². The van der Waals surface area contributed by atoms with E-state index in [4.69, 9.17) is 4.74 Å². The van der Waals surface area contributed by atoms with E-state index < -0.39 is 0 Å². The summed E-state index contributed by atoms with van der Waals surface area (Å²) in [6.07, 6.45) is 2.18. The van der Waals surface area contributed by atoms with E-state index in [1.807, 2.05) is 0 Å². The van der Waals surface area contributed by atoms with Crippen molar-refractivity contribution in [2.24, 2.45) is 5.92 Å². The third kappa shape index (κ3) is 1.95. The Balaban J connectivity index is 2.22. The molecule has 14 heavy (non-hydrogen) atoms. The van der Waals surface area contributed by atoms with Gasteiger partial charge in [-0.25, -0.2) is 0 Å². The van der Waals surface area contributed by atoms with Crippen LogP contribution in [-0.2, 0) is 12.8 Å². The zero-order chi connectivity index (χ0) is 9.97. The molecule has 0 aromatic heterocycles. The molecular formula is C12H15BrO. The molecule has 1 nitrogen and oxygen atoms in total. The van der Waals surface area contributed by atoms with Crippen LogP contribution in [0.25, 0.3) is 0 Å². The molecule has 1 aromatic carbocycles. The molecule has 2 heteroatoms. The fourth-order valence-electron chi connectivity index (χ4n) is 1.87. The van der Waals surface area contributed by atoms with Crippen molar-refractivity contribution in [3.05, 3.63) is 29.3 Å². The second-order valence-corrected chi connectivity index (χ2v) is 4.61. The van der Waals surface area contributed by atoms with Gasteiger partial charge in [-0.1, -0.05) is 41.1 Å². The van der Waals surface area contributed by atoms with Gasteiger partial charge in [-0.3, -0.25) is 0 Å². The zero-order valence-corrected chi connectivity index (χ0v) is 10.0. The summed E-state index contributed by atoms with van der Waals surface area (Å²) in [6.45, 7) is 3.11. The summed E-state index contributed by atoms with van der Waals surface area (Å²) in [7, 11) is 0. The number of halogens is 1. The van der Waals surface area contributed by atoms with Crippen LogP contribution in [0.15, 0.2) is 18.2 Å². The van der Waals surface area contributed by atoms with Crippen LogP contribution in [0, 0.1) is 5.92 Å². The number of ether oxygens (including phenoxy) is 1. The van der Waals surface area contributed by atoms with Crippen LogP contribution in [0.2, 0.25) is 0 Å². The van der Waals surface area contributed by atoms with Gasteiger partial charge in [0.05, 0.1) is 6.61 Å². The van der Waals surface area contributed by atoms with E-state index in [2.05, 4.69) is 41.1 Å². The smallest absolute Gasteiger partial charge is 0.125 e. The first kappa shape index (κ1) is 10.0. The normalized spacial score (nSPS) is 16.1. The van der Waals surface area contributed by atoms with Gasteiger partial charge in [-0.05, 0) is 23.5 Å². The van der Waals surface area contributed by atoms with Crippen molar-refractivity contribution >= 4 is 15.9 Å². The Bertz CT molecular complexity index is 322. The van der Waals surface area contributed by atoms with Gasteiger partial charge in [0.1, 0.15) is 5.75 Å². The molecule has 0 amide bonds. The quantitative estimate of drug-likeness (QED) is 0.753. The SMILES string of the molecule is CC(CBr)Cc1cccc2c1OCC2. The highest BCUT2D eigenvalue weighted by molar-refractivity contribution is 9.09. The lowest BCUT2D eigenvalue weighted by Gasteiger charge is -2.11. The number of hydrogen-bond acceptors (Lipinski definition) is 1. The third-order valence-electron chi connectivity index (χ3n) is 2.63. The minimum atomic E-state index is 0.672. The summed E-state index contributed by atoms with van der Waals surface area (Å²) in [5.74, 6) is 1.82. The minimum absolute atomic E-state index is 0.672. The van der Waals surface area contributed by atoms with Crippen molar-refractivity contribution in [2.45, 2.75) is 19.8 Å². The average molecular weight is 255 g/mol. The maximum Gasteiger partial charge on any atom is 0.125 e. The lowest BCUT2D eigenvalue weighted by atomic mass is 9.99. The molecule has 76 valence electrons. The minimum Gasteiger partial charge on any atom is -0.493 e. The van der Waals surface area contributed by atoms with Crippen LogP contribution < -0.4 is 4.74 Å². The van der Waals surface area contributed by atoms with Crippen molar-refractivity contribution in [3.63, 3.8) is 0 Å². The Morgan fingerprint density at radius 3 is 3.14 bits per heavy atom. The van der Waals surface area contributed by atoms with E-state index in [-0.39, 0.29) is 0 Å². The van der Waals surface area contributed by atoms with Crippen LogP contribution in [0.4, 0.5) is 0 Å². The van der Waals surface area contributed by atoms with Gasteiger partial charge in [0.2, 0.25) is 0 Å². The van der Waals surface area contributed by atoms with E-state index in [0.717, 1.165) is 30.5 Å². The molecule has 1 atom stereocenters. The Hall–Kier alpha value is -0.500. The molecule has 0 N–H and O–H groups in total. The number of fused-ring (bicyclic) bond motifs is 1. The fourth-order valence-corrected chi connectivity index (χ4v) is 2.10. The first-order valence-electron chi connectivity index (χ1n) is 5.11. The average Bonchev–Trinajstić information content (AvgIpc) is 2.66. The molecule has 0 spiro atoms. The summed E-state index contributed by atoms with van der Waals surface area (Å²) in [4.78, 5) is 0. The van der Waals surface area contributed by atoms with Crippen LogP contribution in [0.3, 0.4) is 0 Å². The highest BCUT2D eigenvalue weighted by Crippen LogP contribution is 2.31. The predicted molar refractivity (Wildman–Crippen MR) is 62.3 cm³/mol. The molecule has 0 saturated heterocycles. The van der Waals surface area contributed by atoms with E-state index in [1.165, 1.54) is 11.1 Å². The highest BCUT2D eigenvalue weighted by Gasteiger charge is 2.16. The molecule has 1 aliphatic heterocycles. The van der Waals surface area contributed by atoms with Gasteiger partial charge in [-0.15, -0.1) is 0 Å². The first-order chi connectivity index (χ1) is 6.81. The number of benzene rings is 1. The van der Waals surface area contributed by atoms with E-state index >= 15 is 0 Å². The maximum atomic E-state index is 5.66. The molecule has 0 saturated carbocycles. The second-order valence-electron chi connectivity index (χ2n) is 3.97. The molecule has 1 aromatic rings. The summed E-state index contributed by atoms with van der Waals surface area (Å²) in [5.41, 5.74) is 2.75. The van der Waals surface area contributed by atoms with Crippen LogP contribution in [-0.4, -0.2) is 11.9 Å². The monoisotopic (exact) mass is 254 g/mol. The van der Waals surface area contributed by atoms with Gasteiger partial charge >= 0.3 is 0 Å². The molecule has 1 heterocycles. The topological polar surface area (TPSA) is 9.23 Å². The van der Waals surface area contributed by atoms with Crippen LogP contribution >= 0.6 is 15.9 Å². The Morgan fingerprint density at radius 1 is 1.50 bits per heavy atom. The predicted octanol–water partition coefficient (Wildman–Crippen LogP) is 3.20. The fraction of sp³-hybridized carbons (Fsp3) is 0.500. The standard InChI is InChI=1S/C12H15BrO/c1-9(8-13)7-11-4-2-3-10-5-6-14-12(10)11/h2-4,9H,5-8H2,1H3. The van der Waals surface area contributed by atoms with Gasteiger partial charge in [0.25, 0.3) is 0 Å².